The van der Waals surface area contributed by atoms with Gasteiger partial charge in [-0.2, -0.15) is 5.26 Å². The minimum atomic E-state index is 0.162. The van der Waals surface area contributed by atoms with E-state index in [2.05, 4.69) is 24.1 Å². The summed E-state index contributed by atoms with van der Waals surface area (Å²) in [6, 6.07) is 6.13. The smallest absolute Gasteiger partial charge is 0.140 e. The summed E-state index contributed by atoms with van der Waals surface area (Å²) >= 11 is 0. The quantitative estimate of drug-likeness (QED) is 0.865. The average Bonchev–Trinajstić information content (AvgIpc) is 2.83. The Balaban J connectivity index is 1.74. The first-order valence-electron chi connectivity index (χ1n) is 6.37. The van der Waals surface area contributed by atoms with Crippen LogP contribution < -0.4 is 5.32 Å². The number of rotatable bonds is 2. The Morgan fingerprint density at radius 3 is 3.00 bits per heavy atom. The minimum absolute atomic E-state index is 0.162. The van der Waals surface area contributed by atoms with Crippen LogP contribution in [0.3, 0.4) is 0 Å². The number of fused-ring (bicyclic) bond motifs is 1. The van der Waals surface area contributed by atoms with Gasteiger partial charge in [0.05, 0.1) is 18.0 Å². The van der Waals surface area contributed by atoms with Crippen LogP contribution >= 0.6 is 0 Å². The van der Waals surface area contributed by atoms with Crippen molar-refractivity contribution in [2.45, 2.75) is 32.4 Å². The fourth-order valence-corrected chi connectivity index (χ4v) is 3.34. The van der Waals surface area contributed by atoms with Crippen LogP contribution in [0, 0.1) is 22.7 Å². The molecule has 2 fully saturated rings. The van der Waals surface area contributed by atoms with Crippen LogP contribution in [0.5, 0.6) is 0 Å². The highest BCUT2D eigenvalue weighted by atomic mass is 16.5. The molecular weight excluding hydrogens is 226 g/mol. The average molecular weight is 243 g/mol. The number of aromatic nitrogens is 1. The van der Waals surface area contributed by atoms with Crippen molar-refractivity contribution in [2.24, 2.45) is 11.3 Å². The molecule has 0 bridgehead atoms. The summed E-state index contributed by atoms with van der Waals surface area (Å²) in [4.78, 5) is 4.09. The number of pyridine rings is 1. The van der Waals surface area contributed by atoms with E-state index in [1.54, 1.807) is 12.3 Å². The zero-order valence-corrected chi connectivity index (χ0v) is 10.7. The fraction of sp³-hybridized carbons (Fsp3) is 0.571. The molecule has 0 amide bonds. The van der Waals surface area contributed by atoms with Crippen LogP contribution in [0.25, 0.3) is 0 Å². The van der Waals surface area contributed by atoms with Gasteiger partial charge in [-0.1, -0.05) is 13.8 Å². The van der Waals surface area contributed by atoms with Crippen LogP contribution in [0.15, 0.2) is 18.3 Å². The van der Waals surface area contributed by atoms with Crippen LogP contribution in [-0.2, 0) is 4.74 Å². The second kappa shape index (κ2) is 3.96. The molecule has 1 aromatic rings. The van der Waals surface area contributed by atoms with E-state index in [9.17, 15) is 0 Å². The van der Waals surface area contributed by atoms with E-state index in [1.165, 1.54) is 0 Å². The topological polar surface area (TPSA) is 57.9 Å². The van der Waals surface area contributed by atoms with Crippen molar-refractivity contribution in [3.63, 3.8) is 0 Å². The van der Waals surface area contributed by atoms with Crippen molar-refractivity contribution in [1.29, 1.82) is 5.26 Å². The summed E-state index contributed by atoms with van der Waals surface area (Å²) in [5.74, 6) is 0.607. The highest BCUT2D eigenvalue weighted by molar-refractivity contribution is 5.45. The molecular formula is C14H17N3O. The number of anilines is 1. The lowest BCUT2D eigenvalue weighted by molar-refractivity contribution is -0.0923. The lowest BCUT2D eigenvalue weighted by atomic mass is 9.57. The minimum Gasteiger partial charge on any atom is -0.380 e. The molecule has 0 spiro atoms. The first-order chi connectivity index (χ1) is 8.63. The van der Waals surface area contributed by atoms with Crippen molar-refractivity contribution in [3.8, 4) is 6.07 Å². The van der Waals surface area contributed by atoms with E-state index in [4.69, 9.17) is 10.00 Å². The number of ether oxygens (including phenoxy) is 1. The zero-order valence-electron chi connectivity index (χ0n) is 10.7. The van der Waals surface area contributed by atoms with Crippen molar-refractivity contribution >= 4 is 5.69 Å². The molecule has 1 N–H and O–H groups in total. The van der Waals surface area contributed by atoms with E-state index in [1.807, 2.05) is 12.1 Å². The Morgan fingerprint density at radius 2 is 2.33 bits per heavy atom. The summed E-state index contributed by atoms with van der Waals surface area (Å²) < 4.78 is 5.77. The standard InChI is InChI=1S/C14H17N3O/c1-14(2)12(11-5-6-18-13(11)14)17-10-4-3-9(7-15)16-8-10/h3-4,8,11-13,17H,5-6H2,1-2H3/t11-,12-,13+/m1/s1. The second-order valence-electron chi connectivity index (χ2n) is 5.73. The van der Waals surface area contributed by atoms with Gasteiger partial charge in [0.25, 0.3) is 0 Å². The van der Waals surface area contributed by atoms with Gasteiger partial charge in [0.15, 0.2) is 0 Å². The number of nitrogens with one attached hydrogen (secondary N) is 1. The van der Waals surface area contributed by atoms with Gasteiger partial charge in [-0.05, 0) is 18.6 Å². The van der Waals surface area contributed by atoms with Crippen LogP contribution in [-0.4, -0.2) is 23.7 Å². The molecule has 2 aliphatic rings. The predicted molar refractivity (Wildman–Crippen MR) is 68.0 cm³/mol. The van der Waals surface area contributed by atoms with E-state index in [0.717, 1.165) is 18.7 Å². The molecule has 1 aliphatic carbocycles. The number of nitrogens with zero attached hydrogens (tertiary/aromatic N) is 2. The lowest BCUT2D eigenvalue weighted by Crippen LogP contribution is -2.63. The Kier molecular flexibility index (Phi) is 2.53. The van der Waals surface area contributed by atoms with Crippen molar-refractivity contribution in [3.05, 3.63) is 24.0 Å². The van der Waals surface area contributed by atoms with Gasteiger partial charge in [0, 0.05) is 24.0 Å². The van der Waals surface area contributed by atoms with E-state index < -0.39 is 0 Å². The van der Waals surface area contributed by atoms with Gasteiger partial charge >= 0.3 is 0 Å². The van der Waals surface area contributed by atoms with E-state index >= 15 is 0 Å². The molecule has 3 atom stereocenters. The van der Waals surface area contributed by atoms with E-state index in [0.29, 0.717) is 23.8 Å². The molecule has 94 valence electrons. The highest BCUT2D eigenvalue weighted by Gasteiger charge is 2.59. The molecule has 1 saturated heterocycles. The first kappa shape index (κ1) is 11.5. The third kappa shape index (κ3) is 1.58. The molecule has 1 aliphatic heterocycles. The largest absolute Gasteiger partial charge is 0.380 e. The van der Waals surface area contributed by atoms with Crippen molar-refractivity contribution in [1.82, 2.24) is 4.98 Å². The SMILES string of the molecule is CC1(C)[C@H](Nc2ccc(C#N)nc2)[C@H]2CCO[C@@H]21. The molecule has 18 heavy (non-hydrogen) atoms. The van der Waals surface area contributed by atoms with Gasteiger partial charge in [0.2, 0.25) is 0 Å². The normalized spacial score (nSPS) is 32.2. The molecule has 1 saturated carbocycles. The summed E-state index contributed by atoms with van der Waals surface area (Å²) in [5, 5.41) is 12.3. The predicted octanol–water partition coefficient (Wildman–Crippen LogP) is 2.18. The summed E-state index contributed by atoms with van der Waals surface area (Å²) in [6.07, 6.45) is 3.26. The van der Waals surface area contributed by atoms with Crippen molar-refractivity contribution in [2.75, 3.05) is 11.9 Å². The third-order valence-electron chi connectivity index (χ3n) is 4.30. The summed E-state index contributed by atoms with van der Waals surface area (Å²) in [7, 11) is 0. The molecule has 0 radical (unpaired) electrons. The Morgan fingerprint density at radius 1 is 1.50 bits per heavy atom. The van der Waals surface area contributed by atoms with Gasteiger partial charge < -0.3 is 10.1 Å². The van der Waals surface area contributed by atoms with Gasteiger partial charge in [-0.15, -0.1) is 0 Å². The highest BCUT2D eigenvalue weighted by Crippen LogP contribution is 2.53. The van der Waals surface area contributed by atoms with Crippen LogP contribution in [0.1, 0.15) is 26.0 Å². The monoisotopic (exact) mass is 243 g/mol. The lowest BCUT2D eigenvalue weighted by Gasteiger charge is -2.55. The molecule has 4 nitrogen and oxygen atoms in total. The zero-order chi connectivity index (χ0) is 12.8. The maximum atomic E-state index is 8.72. The second-order valence-corrected chi connectivity index (χ2v) is 5.73. The number of hydrogen-bond donors (Lipinski definition) is 1. The molecule has 4 heteroatoms. The molecule has 0 unspecified atom stereocenters. The van der Waals surface area contributed by atoms with Crippen LogP contribution in [0.2, 0.25) is 0 Å². The molecule has 2 heterocycles. The van der Waals surface area contributed by atoms with Gasteiger partial charge in [0.1, 0.15) is 11.8 Å². The maximum Gasteiger partial charge on any atom is 0.140 e. The first-order valence-corrected chi connectivity index (χ1v) is 6.37. The number of hydrogen-bond acceptors (Lipinski definition) is 4. The van der Waals surface area contributed by atoms with Gasteiger partial charge in [-0.3, -0.25) is 0 Å². The van der Waals surface area contributed by atoms with Gasteiger partial charge in [-0.25, -0.2) is 4.98 Å². The maximum absolute atomic E-state index is 8.72. The Labute approximate surface area is 107 Å². The molecule has 3 rings (SSSR count). The van der Waals surface area contributed by atoms with Crippen molar-refractivity contribution < 1.29 is 4.74 Å². The summed E-state index contributed by atoms with van der Waals surface area (Å²) in [6.45, 7) is 5.37. The molecule has 1 aromatic heterocycles. The van der Waals surface area contributed by atoms with Crippen LogP contribution in [0.4, 0.5) is 5.69 Å². The fourth-order valence-electron chi connectivity index (χ4n) is 3.34. The Bertz CT molecular complexity index is 489. The van der Waals surface area contributed by atoms with E-state index in [-0.39, 0.29) is 5.41 Å². The molecule has 0 aromatic carbocycles. The summed E-state index contributed by atoms with van der Waals surface area (Å²) in [5.41, 5.74) is 1.60. The third-order valence-corrected chi connectivity index (χ3v) is 4.30. The number of nitriles is 1. The Hall–Kier alpha value is -1.60.